The summed E-state index contributed by atoms with van der Waals surface area (Å²) in [7, 11) is 0. The number of rotatable bonds is 5. The minimum Gasteiger partial charge on any atom is -0.454 e. The van der Waals surface area contributed by atoms with E-state index in [-0.39, 0.29) is 30.5 Å². The Labute approximate surface area is 158 Å². The summed E-state index contributed by atoms with van der Waals surface area (Å²) >= 11 is 0. The monoisotopic (exact) mass is 384 g/mol. The van der Waals surface area contributed by atoms with Crippen molar-refractivity contribution in [1.29, 1.82) is 0 Å². The highest BCUT2D eigenvalue weighted by atomic mass is 19.1. The van der Waals surface area contributed by atoms with Gasteiger partial charge < -0.3 is 20.1 Å². The summed E-state index contributed by atoms with van der Waals surface area (Å²) in [5, 5.41) is 5.22. The molecule has 7 nitrogen and oxygen atoms in total. The molecule has 0 unspecified atom stereocenters. The van der Waals surface area contributed by atoms with Gasteiger partial charge in [-0.15, -0.1) is 0 Å². The number of fused-ring (bicyclic) bond motifs is 1. The van der Waals surface area contributed by atoms with Crippen molar-refractivity contribution in [2.75, 3.05) is 12.1 Å². The second-order valence-electron chi connectivity index (χ2n) is 5.88. The Balaban J connectivity index is 1.39. The lowest BCUT2D eigenvalue weighted by Gasteiger charge is -2.08. The maximum absolute atomic E-state index is 13.7. The summed E-state index contributed by atoms with van der Waals surface area (Å²) < 4.78 is 37.8. The fourth-order valence-electron chi connectivity index (χ4n) is 2.58. The second kappa shape index (κ2) is 7.47. The fourth-order valence-corrected chi connectivity index (χ4v) is 2.58. The molecule has 2 heterocycles. The molecular formula is C19H14F2N4O3. The van der Waals surface area contributed by atoms with Crippen LogP contribution in [0.4, 0.5) is 20.3 Å². The van der Waals surface area contributed by atoms with Gasteiger partial charge in [-0.2, -0.15) is 0 Å². The molecule has 1 amide bonds. The van der Waals surface area contributed by atoms with Crippen molar-refractivity contribution >= 4 is 17.4 Å². The zero-order valence-corrected chi connectivity index (χ0v) is 14.4. The summed E-state index contributed by atoms with van der Waals surface area (Å²) in [6.45, 7) is 0.440. The molecule has 1 aliphatic heterocycles. The van der Waals surface area contributed by atoms with Gasteiger partial charge in [-0.05, 0) is 29.8 Å². The van der Waals surface area contributed by atoms with Gasteiger partial charge >= 0.3 is 0 Å². The molecule has 2 N–H and O–H groups in total. The topological polar surface area (TPSA) is 85.4 Å². The number of carbonyl (C=O) groups is 1. The molecule has 1 aromatic heterocycles. The minimum atomic E-state index is -0.757. The molecule has 0 aliphatic carbocycles. The maximum Gasteiger partial charge on any atom is 0.271 e. The van der Waals surface area contributed by atoms with Crippen LogP contribution in [0.5, 0.6) is 11.5 Å². The van der Waals surface area contributed by atoms with Crippen LogP contribution in [0.3, 0.4) is 0 Å². The summed E-state index contributed by atoms with van der Waals surface area (Å²) in [5.41, 5.74) is 0.566. The molecule has 0 saturated heterocycles. The first kappa shape index (κ1) is 17.7. The van der Waals surface area contributed by atoms with Crippen LogP contribution in [-0.2, 0) is 6.54 Å². The first-order valence-electron chi connectivity index (χ1n) is 8.30. The van der Waals surface area contributed by atoms with Crippen LogP contribution in [0.2, 0.25) is 0 Å². The summed E-state index contributed by atoms with van der Waals surface area (Å²) in [5.74, 6) is -0.553. The first-order valence-corrected chi connectivity index (χ1v) is 8.30. The van der Waals surface area contributed by atoms with Crippen LogP contribution >= 0.6 is 0 Å². The van der Waals surface area contributed by atoms with Crippen molar-refractivity contribution in [1.82, 2.24) is 15.3 Å². The number of carbonyl (C=O) groups excluding carboxylic acids is 1. The SMILES string of the molecule is O=C(NCc1ccc2c(c1)OCO2)c1cnc(Nc2c(F)cccc2F)cn1. The highest BCUT2D eigenvalue weighted by molar-refractivity contribution is 5.92. The Hall–Kier alpha value is -3.75. The van der Waals surface area contributed by atoms with E-state index < -0.39 is 17.5 Å². The van der Waals surface area contributed by atoms with E-state index in [2.05, 4.69) is 20.6 Å². The molecule has 0 spiro atoms. The minimum absolute atomic E-state index is 0.0697. The van der Waals surface area contributed by atoms with Crippen LogP contribution in [0.1, 0.15) is 16.1 Å². The van der Waals surface area contributed by atoms with Crippen LogP contribution in [0.15, 0.2) is 48.8 Å². The molecule has 0 radical (unpaired) electrons. The molecule has 3 aromatic rings. The Kier molecular flexibility index (Phi) is 4.71. The number of halogens is 2. The van der Waals surface area contributed by atoms with E-state index in [9.17, 15) is 13.6 Å². The van der Waals surface area contributed by atoms with Crippen molar-refractivity contribution in [3.8, 4) is 11.5 Å². The third-order valence-corrected chi connectivity index (χ3v) is 3.99. The van der Waals surface area contributed by atoms with Gasteiger partial charge in [0.1, 0.15) is 28.8 Å². The lowest BCUT2D eigenvalue weighted by Crippen LogP contribution is -2.24. The van der Waals surface area contributed by atoms with Crippen LogP contribution in [0, 0.1) is 11.6 Å². The van der Waals surface area contributed by atoms with Crippen LogP contribution in [0.25, 0.3) is 0 Å². The number of anilines is 2. The van der Waals surface area contributed by atoms with Gasteiger partial charge in [0, 0.05) is 6.54 Å². The molecule has 0 saturated carbocycles. The van der Waals surface area contributed by atoms with E-state index in [1.807, 2.05) is 6.07 Å². The average molecular weight is 384 g/mol. The number of hydrogen-bond donors (Lipinski definition) is 2. The number of nitrogens with one attached hydrogen (secondary N) is 2. The normalized spacial score (nSPS) is 11.9. The van der Waals surface area contributed by atoms with Crippen molar-refractivity contribution in [3.63, 3.8) is 0 Å². The maximum atomic E-state index is 13.7. The van der Waals surface area contributed by atoms with Gasteiger partial charge in [0.25, 0.3) is 5.91 Å². The average Bonchev–Trinajstić information content (AvgIpc) is 3.17. The molecule has 0 fully saturated rings. The predicted octanol–water partition coefficient (Wildman–Crippen LogP) is 3.16. The van der Waals surface area contributed by atoms with Gasteiger partial charge in [-0.3, -0.25) is 4.79 Å². The number of amides is 1. The third kappa shape index (κ3) is 3.68. The fraction of sp³-hybridized carbons (Fsp3) is 0.105. The number of nitrogens with zero attached hydrogens (tertiary/aromatic N) is 2. The molecular weight excluding hydrogens is 370 g/mol. The largest absolute Gasteiger partial charge is 0.454 e. The highest BCUT2D eigenvalue weighted by Crippen LogP contribution is 2.32. The molecule has 142 valence electrons. The Morgan fingerprint density at radius 1 is 1.04 bits per heavy atom. The van der Waals surface area contributed by atoms with Crippen LogP contribution in [-0.4, -0.2) is 22.7 Å². The zero-order chi connectivity index (χ0) is 19.5. The van der Waals surface area contributed by atoms with Crippen molar-refractivity contribution < 1.29 is 23.0 Å². The standard InChI is InChI=1S/C19H14F2N4O3/c20-12-2-1-3-13(21)18(12)25-17-9-22-14(8-23-17)19(26)24-7-11-4-5-15-16(6-11)28-10-27-15/h1-6,8-9H,7,10H2,(H,23,25)(H,24,26). The van der Waals surface area contributed by atoms with E-state index in [1.54, 1.807) is 12.1 Å². The summed E-state index contributed by atoms with van der Waals surface area (Å²) in [6, 6.07) is 8.87. The predicted molar refractivity (Wildman–Crippen MR) is 95.4 cm³/mol. The quantitative estimate of drug-likeness (QED) is 0.703. The molecule has 1 aliphatic rings. The van der Waals surface area contributed by atoms with E-state index in [0.717, 1.165) is 17.7 Å². The van der Waals surface area contributed by atoms with Crippen LogP contribution < -0.4 is 20.1 Å². The van der Waals surface area contributed by atoms with E-state index in [0.29, 0.717) is 11.5 Å². The second-order valence-corrected chi connectivity index (χ2v) is 5.88. The van der Waals surface area contributed by atoms with Gasteiger partial charge in [-0.1, -0.05) is 12.1 Å². The third-order valence-electron chi connectivity index (χ3n) is 3.99. The number of hydrogen-bond acceptors (Lipinski definition) is 6. The van der Waals surface area contributed by atoms with Gasteiger partial charge in [-0.25, -0.2) is 18.7 Å². The Morgan fingerprint density at radius 3 is 2.57 bits per heavy atom. The van der Waals surface area contributed by atoms with Crippen molar-refractivity contribution in [2.45, 2.75) is 6.54 Å². The molecule has 0 bridgehead atoms. The van der Waals surface area contributed by atoms with Crippen molar-refractivity contribution in [3.05, 3.63) is 71.7 Å². The molecule has 2 aromatic carbocycles. The number of ether oxygens (including phenoxy) is 2. The van der Waals surface area contributed by atoms with Gasteiger partial charge in [0.2, 0.25) is 6.79 Å². The zero-order valence-electron chi connectivity index (χ0n) is 14.4. The lowest BCUT2D eigenvalue weighted by atomic mass is 10.2. The van der Waals surface area contributed by atoms with Crippen molar-refractivity contribution in [2.24, 2.45) is 0 Å². The highest BCUT2D eigenvalue weighted by Gasteiger charge is 2.14. The molecule has 28 heavy (non-hydrogen) atoms. The summed E-state index contributed by atoms with van der Waals surface area (Å²) in [4.78, 5) is 20.2. The molecule has 9 heteroatoms. The van der Waals surface area contributed by atoms with Gasteiger partial charge in [0.05, 0.1) is 12.4 Å². The van der Waals surface area contributed by atoms with E-state index in [1.165, 1.54) is 18.5 Å². The number of aromatic nitrogens is 2. The lowest BCUT2D eigenvalue weighted by molar-refractivity contribution is 0.0945. The number of benzene rings is 2. The first-order chi connectivity index (χ1) is 13.6. The molecule has 4 rings (SSSR count). The summed E-state index contributed by atoms with van der Waals surface area (Å²) in [6.07, 6.45) is 2.44. The van der Waals surface area contributed by atoms with Gasteiger partial charge in [0.15, 0.2) is 11.5 Å². The number of para-hydroxylation sites is 1. The molecule has 0 atom stereocenters. The Morgan fingerprint density at radius 2 is 1.82 bits per heavy atom. The van der Waals surface area contributed by atoms with E-state index >= 15 is 0 Å². The van der Waals surface area contributed by atoms with E-state index in [4.69, 9.17) is 9.47 Å². The Bertz CT molecular complexity index is 1010. The smallest absolute Gasteiger partial charge is 0.271 e.